The Morgan fingerprint density at radius 1 is 1.39 bits per heavy atom. The van der Waals surface area contributed by atoms with Crippen LogP contribution in [0.15, 0.2) is 39.4 Å². The molecule has 0 aliphatic heterocycles. The van der Waals surface area contributed by atoms with Crippen molar-refractivity contribution in [3.05, 3.63) is 57.7 Å². The Hall–Kier alpha value is -1.42. The molecule has 1 aromatic carbocycles. The van der Waals surface area contributed by atoms with Crippen LogP contribution in [0, 0.1) is 5.82 Å². The first kappa shape index (κ1) is 13.0. The molecule has 0 N–H and O–H groups in total. The van der Waals surface area contributed by atoms with Crippen LogP contribution in [0.5, 0.6) is 0 Å². The average molecular weight is 311 g/mol. The van der Waals surface area contributed by atoms with Crippen LogP contribution >= 0.6 is 15.9 Å². The Labute approximate surface area is 113 Å². The van der Waals surface area contributed by atoms with Crippen LogP contribution in [-0.2, 0) is 12.8 Å². The summed E-state index contributed by atoms with van der Waals surface area (Å²) in [5.74, 6) is 0.267. The lowest BCUT2D eigenvalue weighted by atomic mass is 10.0. The molecule has 0 radical (unpaired) electrons. The van der Waals surface area contributed by atoms with E-state index in [1.807, 2.05) is 6.92 Å². The third-order valence-electron chi connectivity index (χ3n) is 2.65. The van der Waals surface area contributed by atoms with Crippen LogP contribution in [0.4, 0.5) is 4.39 Å². The van der Waals surface area contributed by atoms with E-state index in [1.165, 1.54) is 18.4 Å². The summed E-state index contributed by atoms with van der Waals surface area (Å²) >= 11 is 3.21. The molecule has 1 aromatic heterocycles. The Kier molecular flexibility index (Phi) is 3.97. The van der Waals surface area contributed by atoms with Crippen molar-refractivity contribution >= 4 is 21.7 Å². The van der Waals surface area contributed by atoms with Gasteiger partial charge in [0.05, 0.1) is 11.8 Å². The van der Waals surface area contributed by atoms with Crippen LogP contribution < -0.4 is 0 Å². The first-order valence-electron chi connectivity index (χ1n) is 5.64. The largest absolute Gasteiger partial charge is 0.469 e. The van der Waals surface area contributed by atoms with Crippen molar-refractivity contribution in [2.45, 2.75) is 19.8 Å². The fourth-order valence-electron chi connectivity index (χ4n) is 1.86. The van der Waals surface area contributed by atoms with Gasteiger partial charge in [0.2, 0.25) is 0 Å². The van der Waals surface area contributed by atoms with Crippen LogP contribution in [0.2, 0.25) is 0 Å². The zero-order valence-electron chi connectivity index (χ0n) is 9.87. The van der Waals surface area contributed by atoms with E-state index in [4.69, 9.17) is 4.42 Å². The third-order valence-corrected chi connectivity index (χ3v) is 3.11. The van der Waals surface area contributed by atoms with Gasteiger partial charge in [0.1, 0.15) is 11.6 Å². The van der Waals surface area contributed by atoms with Crippen LogP contribution in [0.3, 0.4) is 0 Å². The molecule has 2 aromatic rings. The van der Waals surface area contributed by atoms with Gasteiger partial charge >= 0.3 is 0 Å². The normalized spacial score (nSPS) is 10.6. The molecule has 0 saturated carbocycles. The summed E-state index contributed by atoms with van der Waals surface area (Å²) in [6.45, 7) is 1.92. The van der Waals surface area contributed by atoms with Crippen LogP contribution in [0.25, 0.3) is 0 Å². The molecule has 18 heavy (non-hydrogen) atoms. The lowest BCUT2D eigenvalue weighted by Crippen LogP contribution is -2.05. The number of ketones is 1. The van der Waals surface area contributed by atoms with Gasteiger partial charge in [-0.2, -0.15) is 0 Å². The predicted octanol–water partition coefficient (Wildman–Crippen LogP) is 4.17. The second kappa shape index (κ2) is 5.48. The highest BCUT2D eigenvalue weighted by Gasteiger charge is 2.14. The Morgan fingerprint density at radius 3 is 2.83 bits per heavy atom. The van der Waals surface area contributed by atoms with E-state index in [2.05, 4.69) is 15.9 Å². The summed E-state index contributed by atoms with van der Waals surface area (Å²) in [6, 6.07) is 6.14. The monoisotopic (exact) mass is 310 g/mol. The van der Waals surface area contributed by atoms with Gasteiger partial charge in [0, 0.05) is 17.3 Å². The molecule has 2 nitrogen and oxygen atoms in total. The number of carbonyl (C=O) groups excluding carboxylic acids is 1. The summed E-state index contributed by atoms with van der Waals surface area (Å²) in [5, 5.41) is 0. The molecule has 0 aliphatic carbocycles. The molecule has 0 atom stereocenters. The summed E-state index contributed by atoms with van der Waals surface area (Å²) < 4.78 is 19.1. The predicted molar refractivity (Wildman–Crippen MR) is 70.2 cm³/mol. The highest BCUT2D eigenvalue weighted by atomic mass is 79.9. The van der Waals surface area contributed by atoms with E-state index >= 15 is 0 Å². The number of hydrogen-bond acceptors (Lipinski definition) is 2. The van der Waals surface area contributed by atoms with E-state index in [9.17, 15) is 9.18 Å². The zero-order valence-corrected chi connectivity index (χ0v) is 11.5. The summed E-state index contributed by atoms with van der Waals surface area (Å²) in [5.41, 5.74) is 1.23. The molecule has 0 aliphatic rings. The number of benzene rings is 1. The molecule has 0 saturated heterocycles. The van der Waals surface area contributed by atoms with E-state index in [-0.39, 0.29) is 18.0 Å². The molecule has 1 heterocycles. The second-order valence-electron chi connectivity index (χ2n) is 3.99. The minimum absolute atomic E-state index is 0.0573. The standard InChI is InChI=1S/C14H12BrFO2/c1-2-14-12(3-4-18-14)13(17)7-9-5-10(15)8-11(16)6-9/h3-6,8H,2,7H2,1H3. The molecule has 0 amide bonds. The lowest BCUT2D eigenvalue weighted by molar-refractivity contribution is 0.0991. The fourth-order valence-corrected chi connectivity index (χ4v) is 2.37. The number of Topliss-reactive ketones (excluding diaryl/α,β-unsaturated/α-hetero) is 1. The van der Waals surface area contributed by atoms with Crippen molar-refractivity contribution in [3.63, 3.8) is 0 Å². The van der Waals surface area contributed by atoms with Crippen molar-refractivity contribution < 1.29 is 13.6 Å². The quantitative estimate of drug-likeness (QED) is 0.793. The van der Waals surface area contributed by atoms with E-state index in [0.29, 0.717) is 27.8 Å². The highest BCUT2D eigenvalue weighted by Crippen LogP contribution is 2.18. The van der Waals surface area contributed by atoms with E-state index in [1.54, 1.807) is 12.1 Å². The van der Waals surface area contributed by atoms with Gasteiger partial charge in [-0.3, -0.25) is 4.79 Å². The van der Waals surface area contributed by atoms with Gasteiger partial charge in [-0.25, -0.2) is 4.39 Å². The summed E-state index contributed by atoms with van der Waals surface area (Å²) in [7, 11) is 0. The minimum Gasteiger partial charge on any atom is -0.469 e. The van der Waals surface area contributed by atoms with Gasteiger partial charge < -0.3 is 4.42 Å². The van der Waals surface area contributed by atoms with Gasteiger partial charge in [-0.1, -0.05) is 22.9 Å². The molecular weight excluding hydrogens is 299 g/mol. The van der Waals surface area contributed by atoms with E-state index < -0.39 is 0 Å². The Morgan fingerprint density at radius 2 is 2.17 bits per heavy atom. The number of furan rings is 1. The second-order valence-corrected chi connectivity index (χ2v) is 4.90. The molecular formula is C14H12BrFO2. The molecule has 0 unspecified atom stereocenters. The number of carbonyl (C=O) groups is 1. The van der Waals surface area contributed by atoms with E-state index in [0.717, 1.165) is 0 Å². The summed E-state index contributed by atoms with van der Waals surface area (Å²) in [6.07, 6.45) is 2.34. The minimum atomic E-state index is -0.352. The first-order chi connectivity index (χ1) is 8.60. The molecule has 94 valence electrons. The maximum Gasteiger partial charge on any atom is 0.170 e. The number of aryl methyl sites for hydroxylation is 1. The highest BCUT2D eigenvalue weighted by molar-refractivity contribution is 9.10. The maximum absolute atomic E-state index is 13.2. The van der Waals surface area contributed by atoms with Crippen LogP contribution in [-0.4, -0.2) is 5.78 Å². The number of halogens is 2. The maximum atomic E-state index is 13.2. The van der Waals surface area contributed by atoms with Crippen molar-refractivity contribution in [3.8, 4) is 0 Å². The molecule has 0 bridgehead atoms. The Balaban J connectivity index is 2.21. The van der Waals surface area contributed by atoms with Crippen LogP contribution in [0.1, 0.15) is 28.6 Å². The number of rotatable bonds is 4. The molecule has 2 rings (SSSR count). The fraction of sp³-hybridized carbons (Fsp3) is 0.214. The third kappa shape index (κ3) is 2.88. The molecule has 4 heteroatoms. The van der Waals surface area contributed by atoms with Gasteiger partial charge in [-0.15, -0.1) is 0 Å². The lowest BCUT2D eigenvalue weighted by Gasteiger charge is -2.02. The van der Waals surface area contributed by atoms with Crippen molar-refractivity contribution in [1.29, 1.82) is 0 Å². The van der Waals surface area contributed by atoms with Gasteiger partial charge in [0.25, 0.3) is 0 Å². The first-order valence-corrected chi connectivity index (χ1v) is 6.44. The van der Waals surface area contributed by atoms with Gasteiger partial charge in [0.15, 0.2) is 5.78 Å². The van der Waals surface area contributed by atoms with Gasteiger partial charge in [-0.05, 0) is 29.8 Å². The SMILES string of the molecule is CCc1occc1C(=O)Cc1cc(F)cc(Br)c1. The van der Waals surface area contributed by atoms with Crippen molar-refractivity contribution in [2.75, 3.05) is 0 Å². The zero-order chi connectivity index (χ0) is 13.1. The number of hydrogen-bond donors (Lipinski definition) is 0. The average Bonchev–Trinajstić information content (AvgIpc) is 2.75. The molecule has 0 fully saturated rings. The van der Waals surface area contributed by atoms with Crippen molar-refractivity contribution in [2.24, 2.45) is 0 Å². The topological polar surface area (TPSA) is 30.2 Å². The Bertz CT molecular complexity index is 555. The smallest absolute Gasteiger partial charge is 0.170 e. The molecule has 0 spiro atoms. The van der Waals surface area contributed by atoms with Crippen molar-refractivity contribution in [1.82, 2.24) is 0 Å². The summed E-state index contributed by atoms with van der Waals surface area (Å²) in [4.78, 5) is 12.1.